The van der Waals surface area contributed by atoms with Crippen LogP contribution in [0.5, 0.6) is 0 Å². The first kappa shape index (κ1) is 16.2. The fourth-order valence-electron chi connectivity index (χ4n) is 2.07. The minimum atomic E-state index is -3.85. The van der Waals surface area contributed by atoms with Crippen LogP contribution in [0.1, 0.15) is 17.1 Å². The van der Waals surface area contributed by atoms with Gasteiger partial charge in [0, 0.05) is 15.7 Å². The van der Waals surface area contributed by atoms with Crippen LogP contribution in [-0.4, -0.2) is 8.42 Å². The molecular formula is C13H14FIN2O3S. The fraction of sp³-hybridized carbons (Fsp3) is 0.231. The van der Waals surface area contributed by atoms with Crippen LogP contribution >= 0.6 is 22.6 Å². The predicted molar refractivity (Wildman–Crippen MR) is 86.0 cm³/mol. The summed E-state index contributed by atoms with van der Waals surface area (Å²) in [4.78, 5) is 0.0441. The quantitative estimate of drug-likeness (QED) is 0.740. The maximum Gasteiger partial charge on any atom is 0.265 e. The summed E-state index contributed by atoms with van der Waals surface area (Å²) < 4.78 is 46.4. The van der Waals surface area contributed by atoms with Gasteiger partial charge in [0.1, 0.15) is 22.2 Å². The number of benzene rings is 1. The summed E-state index contributed by atoms with van der Waals surface area (Å²) in [6.45, 7) is 3.28. The van der Waals surface area contributed by atoms with Crippen LogP contribution in [0.25, 0.3) is 0 Å². The molecule has 0 saturated heterocycles. The molecule has 0 spiro atoms. The Hall–Kier alpha value is -1.13. The highest BCUT2D eigenvalue weighted by Gasteiger charge is 2.26. The molecule has 2 rings (SSSR count). The van der Waals surface area contributed by atoms with Gasteiger partial charge in [0.15, 0.2) is 0 Å². The molecule has 1 heterocycles. The number of halogens is 2. The van der Waals surface area contributed by atoms with E-state index in [2.05, 4.69) is 4.72 Å². The highest BCUT2D eigenvalue weighted by molar-refractivity contribution is 14.1. The number of aryl methyl sites for hydroxylation is 2. The lowest BCUT2D eigenvalue weighted by atomic mass is 10.2. The van der Waals surface area contributed by atoms with E-state index >= 15 is 0 Å². The van der Waals surface area contributed by atoms with Crippen molar-refractivity contribution < 1.29 is 17.2 Å². The maximum absolute atomic E-state index is 13.1. The monoisotopic (exact) mass is 424 g/mol. The first-order valence-electron chi connectivity index (χ1n) is 6.03. The van der Waals surface area contributed by atoms with Crippen LogP contribution in [0.15, 0.2) is 27.5 Å². The first-order valence-corrected chi connectivity index (χ1v) is 8.59. The Kier molecular flexibility index (Phi) is 4.59. The van der Waals surface area contributed by atoms with Crippen molar-refractivity contribution in [2.45, 2.75) is 25.3 Å². The smallest absolute Gasteiger partial charge is 0.265 e. The summed E-state index contributed by atoms with van der Waals surface area (Å²) in [5, 5.41) is 0. The second-order valence-electron chi connectivity index (χ2n) is 4.46. The zero-order valence-corrected chi connectivity index (χ0v) is 14.4. The summed E-state index contributed by atoms with van der Waals surface area (Å²) in [7, 11) is -3.85. The molecule has 0 aliphatic carbocycles. The number of hydrogen-bond acceptors (Lipinski definition) is 4. The molecule has 0 aliphatic rings. The summed E-state index contributed by atoms with van der Waals surface area (Å²) in [6.07, 6.45) is 0. The molecule has 3 N–H and O–H groups in total. The first-order chi connectivity index (χ1) is 9.76. The molecule has 0 atom stereocenters. The zero-order chi connectivity index (χ0) is 15.8. The lowest BCUT2D eigenvalue weighted by Crippen LogP contribution is -2.17. The van der Waals surface area contributed by atoms with E-state index in [1.165, 1.54) is 18.2 Å². The van der Waals surface area contributed by atoms with E-state index in [0.717, 1.165) is 0 Å². The van der Waals surface area contributed by atoms with E-state index in [1.807, 2.05) is 22.6 Å². The van der Waals surface area contributed by atoms with E-state index in [1.54, 1.807) is 13.8 Å². The molecule has 0 saturated carbocycles. The van der Waals surface area contributed by atoms with Gasteiger partial charge in [-0.2, -0.15) is 0 Å². The van der Waals surface area contributed by atoms with Gasteiger partial charge < -0.3 is 10.2 Å². The van der Waals surface area contributed by atoms with Crippen molar-refractivity contribution in [2.24, 2.45) is 5.73 Å². The number of sulfonamides is 1. The van der Waals surface area contributed by atoms with Crippen LogP contribution in [0.2, 0.25) is 0 Å². The normalized spacial score (nSPS) is 11.7. The van der Waals surface area contributed by atoms with Crippen LogP contribution < -0.4 is 10.5 Å². The van der Waals surface area contributed by atoms with Crippen molar-refractivity contribution >= 4 is 38.3 Å². The second kappa shape index (κ2) is 5.93. The molecule has 1 aromatic heterocycles. The number of anilines is 1. The summed E-state index contributed by atoms with van der Waals surface area (Å²) in [5.41, 5.74) is 6.35. The largest absolute Gasteiger partial charge is 0.465 e. The molecule has 0 bridgehead atoms. The van der Waals surface area contributed by atoms with Gasteiger partial charge >= 0.3 is 0 Å². The average molecular weight is 424 g/mol. The third kappa shape index (κ3) is 3.22. The molecule has 0 amide bonds. The Bertz CT molecular complexity index is 787. The molecule has 0 unspecified atom stereocenters. The molecular weight excluding hydrogens is 410 g/mol. The summed E-state index contributed by atoms with van der Waals surface area (Å²) in [5.74, 6) is 0.321. The highest BCUT2D eigenvalue weighted by Crippen LogP contribution is 2.29. The fourth-order valence-corrected chi connectivity index (χ4v) is 4.40. The van der Waals surface area contributed by atoms with Crippen LogP contribution in [0.4, 0.5) is 10.1 Å². The molecule has 2 aromatic rings. The molecule has 0 aliphatic heterocycles. The Morgan fingerprint density at radius 2 is 2.00 bits per heavy atom. The minimum Gasteiger partial charge on any atom is -0.465 e. The molecule has 0 radical (unpaired) electrons. The lowest BCUT2D eigenvalue weighted by molar-refractivity contribution is 0.494. The minimum absolute atomic E-state index is 0.0441. The standard InChI is InChI=1S/C13H14FIN2O3S/c1-7-10(6-16)13(8(2)20-7)21(18,19)17-12-4-3-9(14)5-11(12)15/h3-5,17H,6,16H2,1-2H3. The van der Waals surface area contributed by atoms with Crippen LogP contribution in [-0.2, 0) is 16.6 Å². The number of nitrogens with two attached hydrogens (primary N) is 1. The molecule has 8 heteroatoms. The Balaban J connectivity index is 2.48. The molecule has 0 fully saturated rings. The van der Waals surface area contributed by atoms with E-state index in [0.29, 0.717) is 20.6 Å². The van der Waals surface area contributed by atoms with Crippen LogP contribution in [0, 0.1) is 23.2 Å². The third-order valence-electron chi connectivity index (χ3n) is 2.97. The second-order valence-corrected chi connectivity index (χ2v) is 7.24. The Morgan fingerprint density at radius 3 is 2.57 bits per heavy atom. The maximum atomic E-state index is 13.1. The van der Waals surface area contributed by atoms with Crippen molar-refractivity contribution in [1.29, 1.82) is 0 Å². The number of nitrogens with one attached hydrogen (secondary N) is 1. The van der Waals surface area contributed by atoms with Crippen molar-refractivity contribution in [3.8, 4) is 0 Å². The van der Waals surface area contributed by atoms with Gasteiger partial charge in [0.25, 0.3) is 10.0 Å². The summed E-state index contributed by atoms with van der Waals surface area (Å²) >= 11 is 1.86. The van der Waals surface area contributed by atoms with Gasteiger partial charge in [0.05, 0.1) is 5.69 Å². The Morgan fingerprint density at radius 1 is 1.33 bits per heavy atom. The van der Waals surface area contributed by atoms with Gasteiger partial charge in [-0.25, -0.2) is 12.8 Å². The van der Waals surface area contributed by atoms with E-state index in [4.69, 9.17) is 10.2 Å². The molecule has 5 nitrogen and oxygen atoms in total. The predicted octanol–water partition coefficient (Wildman–Crippen LogP) is 2.90. The molecule has 1 aromatic carbocycles. The van der Waals surface area contributed by atoms with Gasteiger partial charge in [-0.05, 0) is 54.6 Å². The van der Waals surface area contributed by atoms with Crippen LogP contribution in [0.3, 0.4) is 0 Å². The van der Waals surface area contributed by atoms with E-state index in [-0.39, 0.29) is 17.2 Å². The third-order valence-corrected chi connectivity index (χ3v) is 5.43. The van der Waals surface area contributed by atoms with Crippen molar-refractivity contribution in [1.82, 2.24) is 0 Å². The van der Waals surface area contributed by atoms with Gasteiger partial charge in [-0.15, -0.1) is 0 Å². The van der Waals surface area contributed by atoms with Crippen molar-refractivity contribution in [2.75, 3.05) is 4.72 Å². The molecule has 21 heavy (non-hydrogen) atoms. The Labute approximate surface area is 135 Å². The molecule has 114 valence electrons. The number of furan rings is 1. The average Bonchev–Trinajstić information content (AvgIpc) is 2.67. The SMILES string of the molecule is Cc1oc(C)c(S(=O)(=O)Nc2ccc(F)cc2I)c1CN. The number of rotatable bonds is 4. The van der Waals surface area contributed by atoms with Crippen molar-refractivity contribution in [3.63, 3.8) is 0 Å². The number of hydrogen-bond donors (Lipinski definition) is 2. The lowest BCUT2D eigenvalue weighted by Gasteiger charge is -2.10. The van der Waals surface area contributed by atoms with Gasteiger partial charge in [-0.1, -0.05) is 0 Å². The summed E-state index contributed by atoms with van der Waals surface area (Å²) in [6, 6.07) is 3.81. The highest BCUT2D eigenvalue weighted by atomic mass is 127. The topological polar surface area (TPSA) is 85.3 Å². The van der Waals surface area contributed by atoms with E-state index < -0.39 is 15.8 Å². The van der Waals surface area contributed by atoms with Gasteiger partial charge in [-0.3, -0.25) is 4.72 Å². The van der Waals surface area contributed by atoms with Crippen molar-refractivity contribution in [3.05, 3.63) is 44.7 Å². The van der Waals surface area contributed by atoms with Gasteiger partial charge in [0.2, 0.25) is 0 Å². The van der Waals surface area contributed by atoms with E-state index in [9.17, 15) is 12.8 Å². The zero-order valence-electron chi connectivity index (χ0n) is 11.4.